The Morgan fingerprint density at radius 1 is 1.12 bits per heavy atom. The first kappa shape index (κ1) is 20.5. The van der Waals surface area contributed by atoms with Crippen LogP contribution in [0.4, 0.5) is 5.69 Å². The van der Waals surface area contributed by atoms with Crippen LogP contribution in [0, 0.1) is 0 Å². The maximum Gasteiger partial charge on any atom is 0.264 e. The van der Waals surface area contributed by atoms with Gasteiger partial charge < -0.3 is 5.32 Å². The van der Waals surface area contributed by atoms with E-state index >= 15 is 0 Å². The van der Waals surface area contributed by atoms with Crippen LogP contribution >= 0.6 is 15.9 Å². The zero-order valence-corrected chi connectivity index (χ0v) is 17.3. The lowest BCUT2D eigenvalue weighted by Gasteiger charge is -2.25. The number of sulfonamides is 1. The van der Waals surface area contributed by atoms with Crippen molar-refractivity contribution in [1.29, 1.82) is 0 Å². The highest BCUT2D eigenvalue weighted by Crippen LogP contribution is 2.25. The maximum absolute atomic E-state index is 13.1. The zero-order valence-electron chi connectivity index (χ0n) is 14.9. The summed E-state index contributed by atoms with van der Waals surface area (Å²) in [6.45, 7) is 3.68. The minimum atomic E-state index is -3.85. The second-order valence-electron chi connectivity index (χ2n) is 6.06. The molecule has 0 aliphatic rings. The van der Waals surface area contributed by atoms with E-state index in [-0.39, 0.29) is 23.4 Å². The van der Waals surface area contributed by atoms with Gasteiger partial charge in [0.05, 0.1) is 10.6 Å². The van der Waals surface area contributed by atoms with Crippen molar-refractivity contribution in [3.8, 4) is 0 Å². The molecule has 0 saturated carbocycles. The van der Waals surface area contributed by atoms with Gasteiger partial charge in [0.1, 0.15) is 6.54 Å². The van der Waals surface area contributed by atoms with Crippen molar-refractivity contribution in [1.82, 2.24) is 5.32 Å². The molecule has 5 nitrogen and oxygen atoms in total. The lowest BCUT2D eigenvalue weighted by Crippen LogP contribution is -2.43. The molecule has 0 aromatic heterocycles. The normalized spacial score (nSPS) is 12.4. The summed E-state index contributed by atoms with van der Waals surface area (Å²) in [5.41, 5.74) is 0.440. The number of hydrogen-bond acceptors (Lipinski definition) is 3. The number of nitrogens with one attached hydrogen (secondary N) is 1. The Balaban J connectivity index is 2.34. The summed E-state index contributed by atoms with van der Waals surface area (Å²) in [4.78, 5) is 12.6. The first-order chi connectivity index (χ1) is 12.3. The number of rotatable bonds is 8. The summed E-state index contributed by atoms with van der Waals surface area (Å²) in [7, 11) is -3.85. The molecule has 0 fully saturated rings. The standard InChI is InChI=1S/C19H23BrN2O3S/c1-3-7-15(2)21-19(23)14-22(17-12-10-16(20)11-13-17)26(24,25)18-8-5-4-6-9-18/h4-6,8-13,15H,3,7,14H2,1-2H3,(H,21,23)/t15-/m0/s1. The Labute approximate surface area is 163 Å². The number of anilines is 1. The SMILES string of the molecule is CCC[C@H](C)NC(=O)CN(c1ccc(Br)cc1)S(=O)(=O)c1ccccc1. The molecule has 2 rings (SSSR count). The van der Waals surface area contributed by atoms with E-state index in [2.05, 4.69) is 21.2 Å². The Morgan fingerprint density at radius 3 is 2.31 bits per heavy atom. The van der Waals surface area contributed by atoms with Gasteiger partial charge in [-0.2, -0.15) is 0 Å². The molecule has 2 aromatic rings. The van der Waals surface area contributed by atoms with Crippen LogP contribution in [-0.4, -0.2) is 26.9 Å². The first-order valence-electron chi connectivity index (χ1n) is 8.47. The topological polar surface area (TPSA) is 66.5 Å². The largest absolute Gasteiger partial charge is 0.352 e. The van der Waals surface area contributed by atoms with Crippen LogP contribution in [0.25, 0.3) is 0 Å². The van der Waals surface area contributed by atoms with E-state index in [1.54, 1.807) is 42.5 Å². The maximum atomic E-state index is 13.1. The number of benzene rings is 2. The van der Waals surface area contributed by atoms with E-state index in [0.29, 0.717) is 5.69 Å². The average Bonchev–Trinajstić information content (AvgIpc) is 2.61. The minimum Gasteiger partial charge on any atom is -0.352 e. The van der Waals surface area contributed by atoms with E-state index in [0.717, 1.165) is 21.6 Å². The van der Waals surface area contributed by atoms with E-state index < -0.39 is 10.0 Å². The number of carbonyl (C=O) groups excluding carboxylic acids is 1. The summed E-state index contributed by atoms with van der Waals surface area (Å²) in [5, 5.41) is 2.86. The molecule has 1 atom stereocenters. The van der Waals surface area contributed by atoms with Gasteiger partial charge in [0.2, 0.25) is 5.91 Å². The Bertz CT molecular complexity index is 824. The quantitative estimate of drug-likeness (QED) is 0.678. The van der Waals surface area contributed by atoms with Crippen LogP contribution in [-0.2, 0) is 14.8 Å². The lowest BCUT2D eigenvalue weighted by atomic mass is 10.2. The van der Waals surface area contributed by atoms with E-state index in [4.69, 9.17) is 0 Å². The van der Waals surface area contributed by atoms with Gasteiger partial charge in [0.25, 0.3) is 10.0 Å². The number of amides is 1. The van der Waals surface area contributed by atoms with Gasteiger partial charge in [-0.1, -0.05) is 47.5 Å². The van der Waals surface area contributed by atoms with E-state index in [1.165, 1.54) is 12.1 Å². The van der Waals surface area contributed by atoms with Crippen LogP contribution in [0.3, 0.4) is 0 Å². The molecule has 0 spiro atoms. The monoisotopic (exact) mass is 438 g/mol. The van der Waals surface area contributed by atoms with Crippen LogP contribution in [0.15, 0.2) is 64.0 Å². The molecule has 0 aliphatic carbocycles. The predicted octanol–water partition coefficient (Wildman–Crippen LogP) is 3.95. The Hall–Kier alpha value is -1.86. The number of carbonyl (C=O) groups is 1. The van der Waals surface area contributed by atoms with Crippen LogP contribution in [0.2, 0.25) is 0 Å². The Morgan fingerprint density at radius 2 is 1.73 bits per heavy atom. The van der Waals surface area contributed by atoms with Crippen molar-refractivity contribution in [2.45, 2.75) is 37.6 Å². The summed E-state index contributed by atoms with van der Waals surface area (Å²) in [6.07, 6.45) is 1.79. The van der Waals surface area contributed by atoms with Crippen molar-refractivity contribution in [3.05, 3.63) is 59.1 Å². The predicted molar refractivity (Wildman–Crippen MR) is 108 cm³/mol. The molecular formula is C19H23BrN2O3S. The molecular weight excluding hydrogens is 416 g/mol. The molecule has 0 saturated heterocycles. The van der Waals surface area contributed by atoms with Crippen LogP contribution in [0.5, 0.6) is 0 Å². The van der Waals surface area contributed by atoms with Crippen molar-refractivity contribution < 1.29 is 13.2 Å². The minimum absolute atomic E-state index is 0.00121. The highest BCUT2D eigenvalue weighted by Gasteiger charge is 2.27. The third kappa shape index (κ3) is 5.32. The fourth-order valence-corrected chi connectivity index (χ4v) is 4.30. The van der Waals surface area contributed by atoms with Gasteiger partial charge >= 0.3 is 0 Å². The summed E-state index contributed by atoms with van der Waals surface area (Å²) in [5.74, 6) is -0.326. The molecule has 0 bridgehead atoms. The number of hydrogen-bond donors (Lipinski definition) is 1. The molecule has 0 radical (unpaired) electrons. The van der Waals surface area contributed by atoms with Crippen molar-refractivity contribution in [3.63, 3.8) is 0 Å². The second kappa shape index (κ2) is 9.19. The van der Waals surface area contributed by atoms with Gasteiger partial charge in [-0.05, 0) is 49.7 Å². The fraction of sp³-hybridized carbons (Fsp3) is 0.316. The van der Waals surface area contributed by atoms with Crippen molar-refractivity contribution in [2.75, 3.05) is 10.8 Å². The van der Waals surface area contributed by atoms with Crippen LogP contribution < -0.4 is 9.62 Å². The summed E-state index contributed by atoms with van der Waals surface area (Å²) < 4.78 is 28.2. The van der Waals surface area contributed by atoms with E-state index in [9.17, 15) is 13.2 Å². The molecule has 0 aliphatic heterocycles. The molecule has 26 heavy (non-hydrogen) atoms. The number of halogens is 1. The Kier molecular flexibility index (Phi) is 7.23. The second-order valence-corrected chi connectivity index (χ2v) is 8.84. The molecule has 1 amide bonds. The molecule has 1 N–H and O–H groups in total. The smallest absolute Gasteiger partial charge is 0.264 e. The zero-order chi connectivity index (χ0) is 19.2. The highest BCUT2D eigenvalue weighted by atomic mass is 79.9. The van der Waals surface area contributed by atoms with Gasteiger partial charge in [-0.15, -0.1) is 0 Å². The molecule has 0 heterocycles. The van der Waals surface area contributed by atoms with Crippen molar-refractivity contribution in [2.24, 2.45) is 0 Å². The van der Waals surface area contributed by atoms with Gasteiger partial charge in [0.15, 0.2) is 0 Å². The van der Waals surface area contributed by atoms with E-state index in [1.807, 2.05) is 13.8 Å². The van der Waals surface area contributed by atoms with Crippen molar-refractivity contribution >= 4 is 37.5 Å². The highest BCUT2D eigenvalue weighted by molar-refractivity contribution is 9.10. The molecule has 2 aromatic carbocycles. The number of nitrogens with zero attached hydrogens (tertiary/aromatic N) is 1. The average molecular weight is 439 g/mol. The molecule has 7 heteroatoms. The van der Waals surface area contributed by atoms with Gasteiger partial charge in [-0.3, -0.25) is 9.10 Å². The molecule has 140 valence electrons. The van der Waals surface area contributed by atoms with Gasteiger partial charge in [-0.25, -0.2) is 8.42 Å². The summed E-state index contributed by atoms with van der Waals surface area (Å²) in [6, 6.07) is 15.0. The molecule has 0 unspecified atom stereocenters. The third-order valence-corrected chi connectivity index (χ3v) is 6.18. The summed E-state index contributed by atoms with van der Waals surface area (Å²) >= 11 is 3.34. The lowest BCUT2D eigenvalue weighted by molar-refractivity contribution is -0.120. The van der Waals surface area contributed by atoms with Gasteiger partial charge in [0, 0.05) is 10.5 Å². The fourth-order valence-electron chi connectivity index (χ4n) is 2.60. The first-order valence-corrected chi connectivity index (χ1v) is 10.7. The van der Waals surface area contributed by atoms with Crippen LogP contribution in [0.1, 0.15) is 26.7 Å². The third-order valence-electron chi connectivity index (χ3n) is 3.86.